The highest BCUT2D eigenvalue weighted by atomic mass is 32.1. The van der Waals surface area contributed by atoms with Crippen LogP contribution in [0.25, 0.3) is 10.9 Å². The first-order chi connectivity index (χ1) is 9.78. The standard InChI is InChI=1S/C16H19N3S/c1-3-17-9-13-5-4-6-16-15(13)7-8-19(16)10-14-11-20-12(2)18-14/h4-8,11,17H,3,9-10H2,1-2H3. The lowest BCUT2D eigenvalue weighted by Crippen LogP contribution is -2.11. The van der Waals surface area contributed by atoms with E-state index in [0.717, 1.165) is 30.3 Å². The summed E-state index contributed by atoms with van der Waals surface area (Å²) in [5.41, 5.74) is 3.78. The van der Waals surface area contributed by atoms with Crippen molar-refractivity contribution in [2.45, 2.75) is 26.9 Å². The maximum absolute atomic E-state index is 4.55. The number of fused-ring (bicyclic) bond motifs is 1. The van der Waals surface area contributed by atoms with Gasteiger partial charge in [0.05, 0.1) is 17.2 Å². The molecule has 0 aliphatic heterocycles. The van der Waals surface area contributed by atoms with Crippen molar-refractivity contribution in [2.24, 2.45) is 0 Å². The van der Waals surface area contributed by atoms with Crippen molar-refractivity contribution in [3.05, 3.63) is 52.1 Å². The number of nitrogens with one attached hydrogen (secondary N) is 1. The van der Waals surface area contributed by atoms with Crippen LogP contribution in [0.4, 0.5) is 0 Å². The molecule has 104 valence electrons. The molecule has 0 atom stereocenters. The predicted molar refractivity (Wildman–Crippen MR) is 85.3 cm³/mol. The molecule has 20 heavy (non-hydrogen) atoms. The summed E-state index contributed by atoms with van der Waals surface area (Å²) in [6.45, 7) is 6.95. The molecule has 1 N–H and O–H groups in total. The fourth-order valence-corrected chi connectivity index (χ4v) is 3.10. The van der Waals surface area contributed by atoms with Gasteiger partial charge in [0.1, 0.15) is 0 Å². The topological polar surface area (TPSA) is 29.9 Å². The van der Waals surface area contributed by atoms with Gasteiger partial charge in [-0.15, -0.1) is 11.3 Å². The second kappa shape index (κ2) is 5.77. The number of nitrogens with zero attached hydrogens (tertiary/aromatic N) is 2. The van der Waals surface area contributed by atoms with E-state index in [1.54, 1.807) is 11.3 Å². The van der Waals surface area contributed by atoms with Gasteiger partial charge in [0.25, 0.3) is 0 Å². The summed E-state index contributed by atoms with van der Waals surface area (Å²) < 4.78 is 2.28. The SMILES string of the molecule is CCNCc1cccc2c1ccn2Cc1csc(C)n1. The van der Waals surface area contributed by atoms with Crippen LogP contribution in [0.15, 0.2) is 35.8 Å². The highest BCUT2D eigenvalue weighted by Crippen LogP contribution is 2.21. The minimum atomic E-state index is 0.846. The predicted octanol–water partition coefficient (Wildman–Crippen LogP) is 3.56. The van der Waals surface area contributed by atoms with Crippen molar-refractivity contribution in [1.29, 1.82) is 0 Å². The molecule has 0 spiro atoms. The Morgan fingerprint density at radius 3 is 2.95 bits per heavy atom. The Morgan fingerprint density at radius 1 is 1.30 bits per heavy atom. The van der Waals surface area contributed by atoms with E-state index in [1.165, 1.54) is 16.5 Å². The van der Waals surface area contributed by atoms with Crippen LogP contribution in [0, 0.1) is 6.92 Å². The minimum absolute atomic E-state index is 0.846. The van der Waals surface area contributed by atoms with Crippen LogP contribution in [0.5, 0.6) is 0 Å². The molecule has 0 aliphatic rings. The number of hydrogen-bond donors (Lipinski definition) is 1. The highest BCUT2D eigenvalue weighted by Gasteiger charge is 2.07. The molecule has 0 bridgehead atoms. The molecule has 1 aromatic carbocycles. The smallest absolute Gasteiger partial charge is 0.0898 e. The monoisotopic (exact) mass is 285 g/mol. The summed E-state index contributed by atoms with van der Waals surface area (Å²) in [7, 11) is 0. The molecule has 3 aromatic rings. The van der Waals surface area contributed by atoms with E-state index in [0.29, 0.717) is 0 Å². The maximum atomic E-state index is 4.55. The minimum Gasteiger partial charge on any atom is -0.341 e. The third-order valence-corrected chi connectivity index (χ3v) is 4.29. The van der Waals surface area contributed by atoms with Crippen LogP contribution in [-0.2, 0) is 13.1 Å². The summed E-state index contributed by atoms with van der Waals surface area (Å²) in [5, 5.41) is 8.00. The average Bonchev–Trinajstić information content (AvgIpc) is 3.04. The Balaban J connectivity index is 1.92. The molecule has 0 saturated carbocycles. The summed E-state index contributed by atoms with van der Waals surface area (Å²) >= 11 is 1.71. The van der Waals surface area contributed by atoms with E-state index < -0.39 is 0 Å². The fourth-order valence-electron chi connectivity index (χ4n) is 2.49. The van der Waals surface area contributed by atoms with Crippen molar-refractivity contribution < 1.29 is 0 Å². The van der Waals surface area contributed by atoms with Crippen LogP contribution in [0.3, 0.4) is 0 Å². The number of thiazole rings is 1. The Morgan fingerprint density at radius 2 is 2.20 bits per heavy atom. The van der Waals surface area contributed by atoms with Gasteiger partial charge >= 0.3 is 0 Å². The molecule has 2 heterocycles. The lowest BCUT2D eigenvalue weighted by Gasteiger charge is -2.06. The first-order valence-corrected chi connectivity index (χ1v) is 7.84. The average molecular weight is 285 g/mol. The summed E-state index contributed by atoms with van der Waals surface area (Å²) in [6.07, 6.45) is 2.16. The second-order valence-corrected chi connectivity index (χ2v) is 5.99. The zero-order chi connectivity index (χ0) is 13.9. The van der Waals surface area contributed by atoms with Gasteiger partial charge in [0.2, 0.25) is 0 Å². The van der Waals surface area contributed by atoms with E-state index in [9.17, 15) is 0 Å². The van der Waals surface area contributed by atoms with Gasteiger partial charge in [-0.3, -0.25) is 0 Å². The van der Waals surface area contributed by atoms with E-state index in [1.807, 2.05) is 0 Å². The lowest BCUT2D eigenvalue weighted by atomic mass is 10.1. The first-order valence-electron chi connectivity index (χ1n) is 6.96. The van der Waals surface area contributed by atoms with Crippen molar-refractivity contribution in [1.82, 2.24) is 14.9 Å². The quantitative estimate of drug-likeness (QED) is 0.776. The van der Waals surface area contributed by atoms with E-state index in [2.05, 4.69) is 64.6 Å². The Hall–Kier alpha value is -1.65. The van der Waals surface area contributed by atoms with Gasteiger partial charge in [0, 0.05) is 29.0 Å². The lowest BCUT2D eigenvalue weighted by molar-refractivity contribution is 0.730. The summed E-state index contributed by atoms with van der Waals surface area (Å²) in [5.74, 6) is 0. The van der Waals surface area contributed by atoms with Gasteiger partial charge in [-0.25, -0.2) is 4.98 Å². The Bertz CT molecular complexity index is 711. The van der Waals surface area contributed by atoms with Gasteiger partial charge in [-0.05, 0) is 31.2 Å². The van der Waals surface area contributed by atoms with Crippen LogP contribution in [-0.4, -0.2) is 16.1 Å². The maximum Gasteiger partial charge on any atom is 0.0898 e. The molecule has 0 amide bonds. The third kappa shape index (κ3) is 2.62. The number of aryl methyl sites for hydroxylation is 1. The zero-order valence-corrected chi connectivity index (χ0v) is 12.7. The molecule has 2 aromatic heterocycles. The number of hydrogen-bond acceptors (Lipinski definition) is 3. The highest BCUT2D eigenvalue weighted by molar-refractivity contribution is 7.09. The molecule has 3 nitrogen and oxygen atoms in total. The second-order valence-electron chi connectivity index (χ2n) is 4.93. The van der Waals surface area contributed by atoms with Crippen molar-refractivity contribution >= 4 is 22.2 Å². The molecule has 0 saturated heterocycles. The normalized spacial score (nSPS) is 11.3. The number of aromatic nitrogens is 2. The molecule has 0 unspecified atom stereocenters. The first kappa shape index (κ1) is 13.3. The molecule has 0 aliphatic carbocycles. The van der Waals surface area contributed by atoms with E-state index >= 15 is 0 Å². The molecule has 0 radical (unpaired) electrons. The third-order valence-electron chi connectivity index (χ3n) is 3.47. The largest absolute Gasteiger partial charge is 0.341 e. The van der Waals surface area contributed by atoms with Gasteiger partial charge < -0.3 is 9.88 Å². The van der Waals surface area contributed by atoms with E-state index in [-0.39, 0.29) is 0 Å². The molecule has 4 heteroatoms. The molecular weight excluding hydrogens is 266 g/mol. The Kier molecular flexibility index (Phi) is 3.85. The number of benzene rings is 1. The van der Waals surface area contributed by atoms with Gasteiger partial charge in [0.15, 0.2) is 0 Å². The van der Waals surface area contributed by atoms with Crippen LogP contribution in [0.1, 0.15) is 23.2 Å². The van der Waals surface area contributed by atoms with Gasteiger partial charge in [-0.1, -0.05) is 19.1 Å². The van der Waals surface area contributed by atoms with Gasteiger partial charge in [-0.2, -0.15) is 0 Å². The Labute approximate surface area is 123 Å². The van der Waals surface area contributed by atoms with Crippen molar-refractivity contribution in [3.8, 4) is 0 Å². The zero-order valence-electron chi connectivity index (χ0n) is 11.9. The van der Waals surface area contributed by atoms with Crippen LogP contribution >= 0.6 is 11.3 Å². The molecule has 0 fully saturated rings. The number of rotatable bonds is 5. The fraction of sp³-hybridized carbons (Fsp3) is 0.312. The summed E-state index contributed by atoms with van der Waals surface area (Å²) in [6, 6.07) is 8.73. The van der Waals surface area contributed by atoms with Crippen LogP contribution in [0.2, 0.25) is 0 Å². The molecular formula is C16H19N3S. The summed E-state index contributed by atoms with van der Waals surface area (Å²) in [4.78, 5) is 4.55. The van der Waals surface area contributed by atoms with Crippen molar-refractivity contribution in [2.75, 3.05) is 6.54 Å². The van der Waals surface area contributed by atoms with Crippen molar-refractivity contribution in [3.63, 3.8) is 0 Å². The molecule has 3 rings (SSSR count). The van der Waals surface area contributed by atoms with E-state index in [4.69, 9.17) is 0 Å². The van der Waals surface area contributed by atoms with Crippen LogP contribution < -0.4 is 5.32 Å².